The third-order valence-corrected chi connectivity index (χ3v) is 4.58. The van der Waals surface area contributed by atoms with E-state index in [2.05, 4.69) is 41.6 Å². The van der Waals surface area contributed by atoms with Gasteiger partial charge in [0.15, 0.2) is 5.96 Å². The number of likely N-dealkylation sites (N-methyl/N-ethyl adjacent to an activating group) is 1. The summed E-state index contributed by atoms with van der Waals surface area (Å²) in [5.41, 5.74) is 0. The molecule has 142 valence electrons. The van der Waals surface area contributed by atoms with Gasteiger partial charge in [-0.1, -0.05) is 26.7 Å². The van der Waals surface area contributed by atoms with Crippen LogP contribution >= 0.6 is 24.0 Å². The van der Waals surface area contributed by atoms with Crippen molar-refractivity contribution in [3.05, 3.63) is 0 Å². The second-order valence-electron chi connectivity index (χ2n) is 6.27. The Morgan fingerprint density at radius 2 is 1.83 bits per heavy atom. The van der Waals surface area contributed by atoms with E-state index in [1.54, 1.807) is 7.05 Å². The van der Waals surface area contributed by atoms with Crippen molar-refractivity contribution in [1.29, 1.82) is 0 Å². The maximum absolute atomic E-state index is 11.4. The van der Waals surface area contributed by atoms with Crippen LogP contribution in [0.3, 0.4) is 0 Å². The highest BCUT2D eigenvalue weighted by Gasteiger charge is 2.21. The summed E-state index contributed by atoms with van der Waals surface area (Å²) in [6, 6.07) is 0.440. The predicted octanol–water partition coefficient (Wildman–Crippen LogP) is 1.81. The van der Waals surface area contributed by atoms with Crippen molar-refractivity contribution in [3.8, 4) is 0 Å². The van der Waals surface area contributed by atoms with Gasteiger partial charge < -0.3 is 16.0 Å². The van der Waals surface area contributed by atoms with Crippen molar-refractivity contribution in [3.63, 3.8) is 0 Å². The molecule has 0 unspecified atom stereocenters. The van der Waals surface area contributed by atoms with E-state index in [1.165, 1.54) is 12.8 Å². The van der Waals surface area contributed by atoms with Gasteiger partial charge in [0, 0.05) is 39.3 Å². The van der Waals surface area contributed by atoms with Crippen molar-refractivity contribution >= 4 is 35.8 Å². The zero-order valence-corrected chi connectivity index (χ0v) is 18.1. The first-order chi connectivity index (χ1) is 11.1. The number of carbonyl (C=O) groups is 1. The monoisotopic (exact) mass is 453 g/mol. The molecule has 0 aromatic heterocycles. The van der Waals surface area contributed by atoms with Crippen molar-refractivity contribution in [2.45, 2.75) is 52.5 Å². The van der Waals surface area contributed by atoms with Gasteiger partial charge >= 0.3 is 0 Å². The van der Waals surface area contributed by atoms with E-state index in [9.17, 15) is 4.79 Å². The molecule has 0 saturated carbocycles. The molecule has 1 amide bonds. The molecule has 0 bridgehead atoms. The molecule has 1 saturated heterocycles. The second-order valence-corrected chi connectivity index (χ2v) is 6.27. The average molecular weight is 453 g/mol. The lowest BCUT2D eigenvalue weighted by molar-refractivity contribution is -0.122. The highest BCUT2D eigenvalue weighted by molar-refractivity contribution is 14.0. The molecule has 7 heteroatoms. The Bertz CT molecular complexity index is 366. The molecule has 0 aliphatic carbocycles. The minimum absolute atomic E-state index is 0. The SMILES string of the molecule is CCNC(=NCC(CC)CC)NC1CCN(CC(=O)NC)CC1.I. The molecule has 0 radical (unpaired) electrons. The van der Waals surface area contributed by atoms with Crippen LogP contribution in [0.4, 0.5) is 0 Å². The number of amides is 1. The van der Waals surface area contributed by atoms with Crippen molar-refractivity contribution in [2.24, 2.45) is 10.9 Å². The Labute approximate surface area is 164 Å². The minimum atomic E-state index is 0. The second kappa shape index (κ2) is 13.7. The molecule has 1 heterocycles. The number of halogens is 1. The average Bonchev–Trinajstić information content (AvgIpc) is 2.57. The molecule has 0 aromatic rings. The third-order valence-electron chi connectivity index (χ3n) is 4.58. The number of guanidine groups is 1. The molecule has 1 rings (SSSR count). The number of aliphatic imine (C=N–C) groups is 1. The van der Waals surface area contributed by atoms with Gasteiger partial charge in [-0.3, -0.25) is 14.7 Å². The summed E-state index contributed by atoms with van der Waals surface area (Å²) < 4.78 is 0. The van der Waals surface area contributed by atoms with Gasteiger partial charge in [-0.25, -0.2) is 0 Å². The Morgan fingerprint density at radius 3 is 2.33 bits per heavy atom. The van der Waals surface area contributed by atoms with Crippen LogP contribution in [0.1, 0.15) is 46.5 Å². The van der Waals surface area contributed by atoms with E-state index in [1.807, 2.05) is 0 Å². The smallest absolute Gasteiger partial charge is 0.233 e. The number of nitrogens with zero attached hydrogens (tertiary/aromatic N) is 2. The fourth-order valence-corrected chi connectivity index (χ4v) is 2.80. The molecule has 3 N–H and O–H groups in total. The van der Waals surface area contributed by atoms with Crippen molar-refractivity contribution in [2.75, 3.05) is 39.8 Å². The quantitative estimate of drug-likeness (QED) is 0.298. The number of likely N-dealkylation sites (tertiary alicyclic amines) is 1. The summed E-state index contributed by atoms with van der Waals surface area (Å²) in [7, 11) is 1.69. The van der Waals surface area contributed by atoms with Gasteiger partial charge in [-0.05, 0) is 25.7 Å². The molecule has 1 aliphatic rings. The number of piperidine rings is 1. The van der Waals surface area contributed by atoms with Crippen LogP contribution in [-0.2, 0) is 4.79 Å². The third kappa shape index (κ3) is 9.05. The lowest BCUT2D eigenvalue weighted by Gasteiger charge is -2.32. The van der Waals surface area contributed by atoms with E-state index in [4.69, 9.17) is 4.99 Å². The van der Waals surface area contributed by atoms with Crippen molar-refractivity contribution in [1.82, 2.24) is 20.9 Å². The van der Waals surface area contributed by atoms with Gasteiger partial charge in [0.2, 0.25) is 5.91 Å². The Morgan fingerprint density at radius 1 is 1.21 bits per heavy atom. The summed E-state index contributed by atoms with van der Waals surface area (Å²) >= 11 is 0. The van der Waals surface area contributed by atoms with Gasteiger partial charge in [0.1, 0.15) is 0 Å². The van der Waals surface area contributed by atoms with Crippen LogP contribution in [0.25, 0.3) is 0 Å². The highest BCUT2D eigenvalue weighted by atomic mass is 127. The van der Waals surface area contributed by atoms with Crippen LogP contribution in [0.15, 0.2) is 4.99 Å². The molecular formula is C17H36IN5O. The van der Waals surface area contributed by atoms with Crippen LogP contribution in [-0.4, -0.2) is 62.6 Å². The topological polar surface area (TPSA) is 68.8 Å². The lowest BCUT2D eigenvalue weighted by atomic mass is 10.0. The first-order valence-corrected chi connectivity index (χ1v) is 9.10. The standard InChI is InChI=1S/C17H35N5O.HI/c1-5-14(6-2)12-20-17(19-7-3)21-15-8-10-22(11-9-15)13-16(23)18-4;/h14-15H,5-13H2,1-4H3,(H,18,23)(H2,19,20,21);1H. The van der Waals surface area contributed by atoms with Crippen LogP contribution < -0.4 is 16.0 Å². The molecule has 1 aliphatic heterocycles. The van der Waals surface area contributed by atoms with Crippen LogP contribution in [0.5, 0.6) is 0 Å². The van der Waals surface area contributed by atoms with E-state index in [-0.39, 0.29) is 29.9 Å². The fraction of sp³-hybridized carbons (Fsp3) is 0.882. The summed E-state index contributed by atoms with van der Waals surface area (Å²) in [6.07, 6.45) is 4.45. The zero-order valence-electron chi connectivity index (χ0n) is 15.7. The van der Waals surface area contributed by atoms with E-state index < -0.39 is 0 Å². The summed E-state index contributed by atoms with van der Waals surface area (Å²) in [6.45, 7) is 10.7. The zero-order chi connectivity index (χ0) is 17.1. The van der Waals surface area contributed by atoms with Gasteiger partial charge in [0.25, 0.3) is 0 Å². The maximum atomic E-state index is 11.4. The van der Waals surface area contributed by atoms with E-state index in [0.29, 0.717) is 18.5 Å². The molecule has 24 heavy (non-hydrogen) atoms. The first kappa shape index (κ1) is 23.4. The van der Waals surface area contributed by atoms with Crippen molar-refractivity contribution < 1.29 is 4.79 Å². The Kier molecular flexibility index (Phi) is 13.4. The number of hydrogen-bond acceptors (Lipinski definition) is 3. The van der Waals surface area contributed by atoms with Crippen LogP contribution in [0, 0.1) is 5.92 Å². The van der Waals surface area contributed by atoms with Crippen LogP contribution in [0.2, 0.25) is 0 Å². The van der Waals surface area contributed by atoms with Gasteiger partial charge in [-0.2, -0.15) is 0 Å². The number of rotatable bonds is 8. The van der Waals surface area contributed by atoms with E-state index >= 15 is 0 Å². The first-order valence-electron chi connectivity index (χ1n) is 9.10. The molecular weight excluding hydrogens is 417 g/mol. The number of nitrogens with one attached hydrogen (secondary N) is 3. The summed E-state index contributed by atoms with van der Waals surface area (Å²) in [5.74, 6) is 1.69. The Hall–Kier alpha value is -0.570. The van der Waals surface area contributed by atoms with E-state index in [0.717, 1.165) is 45.0 Å². The predicted molar refractivity (Wildman–Crippen MR) is 112 cm³/mol. The maximum Gasteiger partial charge on any atom is 0.233 e. The number of hydrogen-bond donors (Lipinski definition) is 3. The normalized spacial score (nSPS) is 16.6. The summed E-state index contributed by atoms with van der Waals surface area (Å²) in [5, 5.41) is 9.59. The fourth-order valence-electron chi connectivity index (χ4n) is 2.80. The van der Waals surface area contributed by atoms with Gasteiger partial charge in [0.05, 0.1) is 6.54 Å². The Balaban J connectivity index is 0.00000529. The largest absolute Gasteiger partial charge is 0.358 e. The summed E-state index contributed by atoms with van der Waals surface area (Å²) in [4.78, 5) is 18.4. The molecule has 6 nitrogen and oxygen atoms in total. The minimum Gasteiger partial charge on any atom is -0.358 e. The lowest BCUT2D eigenvalue weighted by Crippen LogP contribution is -2.50. The van der Waals surface area contributed by atoms with Gasteiger partial charge in [-0.15, -0.1) is 24.0 Å². The molecule has 0 atom stereocenters. The molecule has 0 spiro atoms. The highest BCUT2D eigenvalue weighted by Crippen LogP contribution is 2.10. The number of carbonyl (C=O) groups excluding carboxylic acids is 1. The molecule has 0 aromatic carbocycles. The molecule has 1 fully saturated rings.